The molecule has 3 amide bonds. The highest BCUT2D eigenvalue weighted by atomic mass is 16.3. The van der Waals surface area contributed by atoms with E-state index in [4.69, 9.17) is 4.42 Å². The Bertz CT molecular complexity index is 864. The number of hydrogen-bond acceptors (Lipinski definition) is 4. The number of furan rings is 1. The lowest BCUT2D eigenvalue weighted by atomic mass is 9.84. The van der Waals surface area contributed by atoms with Gasteiger partial charge in [0.05, 0.1) is 6.26 Å². The summed E-state index contributed by atoms with van der Waals surface area (Å²) in [6.07, 6.45) is 4.92. The third-order valence-corrected chi connectivity index (χ3v) is 5.47. The number of carbonyl (C=O) groups is 3. The van der Waals surface area contributed by atoms with Crippen molar-refractivity contribution in [1.29, 1.82) is 0 Å². The first-order valence-electron chi connectivity index (χ1n) is 10.9. The van der Waals surface area contributed by atoms with E-state index in [1.165, 1.54) is 6.26 Å². The fraction of sp³-hybridized carbons (Fsp3) is 0.458. The number of rotatable bonds is 8. The van der Waals surface area contributed by atoms with Crippen molar-refractivity contribution in [1.82, 2.24) is 16.0 Å². The summed E-state index contributed by atoms with van der Waals surface area (Å²) in [4.78, 5) is 38.0. The molecule has 2 aromatic rings. The van der Waals surface area contributed by atoms with Crippen LogP contribution in [0.1, 0.15) is 55.6 Å². The molecule has 1 aliphatic carbocycles. The van der Waals surface area contributed by atoms with Crippen LogP contribution in [0.25, 0.3) is 0 Å². The fourth-order valence-electron chi connectivity index (χ4n) is 3.96. The Morgan fingerprint density at radius 1 is 1.03 bits per heavy atom. The van der Waals surface area contributed by atoms with Gasteiger partial charge in [-0.3, -0.25) is 14.4 Å². The van der Waals surface area contributed by atoms with Crippen LogP contribution in [0.15, 0.2) is 53.1 Å². The number of hydrogen-bond donors (Lipinski definition) is 3. The molecule has 1 aromatic carbocycles. The maximum atomic E-state index is 13.1. The first-order chi connectivity index (χ1) is 14.9. The van der Waals surface area contributed by atoms with Gasteiger partial charge in [0.25, 0.3) is 5.91 Å². The van der Waals surface area contributed by atoms with Crippen LogP contribution in [0.4, 0.5) is 0 Å². The Kier molecular flexibility index (Phi) is 7.87. The summed E-state index contributed by atoms with van der Waals surface area (Å²) in [5.74, 6) is -0.584. The van der Waals surface area contributed by atoms with E-state index in [2.05, 4.69) is 16.0 Å². The largest absolute Gasteiger partial charge is 0.459 e. The lowest BCUT2D eigenvalue weighted by Gasteiger charge is -2.31. The molecule has 1 saturated carbocycles. The molecule has 0 aliphatic heterocycles. The molecule has 1 aliphatic rings. The van der Waals surface area contributed by atoms with Crippen molar-refractivity contribution in [3.05, 3.63) is 60.1 Å². The molecular formula is C24H31N3O4. The second kappa shape index (κ2) is 10.8. The molecule has 0 bridgehead atoms. The Morgan fingerprint density at radius 2 is 1.81 bits per heavy atom. The predicted octanol–water partition coefficient (Wildman–Crippen LogP) is 2.82. The van der Waals surface area contributed by atoms with Crippen molar-refractivity contribution in [2.45, 2.75) is 64.1 Å². The molecule has 1 heterocycles. The summed E-state index contributed by atoms with van der Waals surface area (Å²) >= 11 is 0. The van der Waals surface area contributed by atoms with Gasteiger partial charge in [-0.25, -0.2) is 0 Å². The highest BCUT2D eigenvalue weighted by Gasteiger charge is 2.31. The zero-order valence-corrected chi connectivity index (χ0v) is 18.1. The molecule has 7 nitrogen and oxygen atoms in total. The van der Waals surface area contributed by atoms with Crippen LogP contribution in [0.5, 0.6) is 0 Å². The maximum Gasteiger partial charge on any atom is 0.287 e. The van der Waals surface area contributed by atoms with E-state index < -0.39 is 11.9 Å². The Hall–Kier alpha value is -3.09. The minimum Gasteiger partial charge on any atom is -0.459 e. The summed E-state index contributed by atoms with van der Waals surface area (Å²) in [5.41, 5.74) is 0.945. The summed E-state index contributed by atoms with van der Waals surface area (Å²) in [7, 11) is 0. The van der Waals surface area contributed by atoms with Crippen LogP contribution >= 0.6 is 0 Å². The van der Waals surface area contributed by atoms with Gasteiger partial charge in [-0.05, 0) is 50.8 Å². The molecule has 3 N–H and O–H groups in total. The van der Waals surface area contributed by atoms with Gasteiger partial charge in [0.15, 0.2) is 5.76 Å². The topological polar surface area (TPSA) is 100 Å². The van der Waals surface area contributed by atoms with Crippen LogP contribution < -0.4 is 16.0 Å². The van der Waals surface area contributed by atoms with Crippen molar-refractivity contribution >= 4 is 17.7 Å². The standard InChI is InChI=1S/C24H31N3O4/c1-16(2)25-22(28)18-10-6-11-19(15-18)26-23(29)20(14-17-8-4-3-5-9-17)27-24(30)21-12-7-13-31-21/h3-5,7-9,12-13,16,18-20H,6,10-11,14-15H2,1-2H3,(H,25,28)(H,26,29)(H,27,30). The van der Waals surface area contributed by atoms with Crippen molar-refractivity contribution in [3.8, 4) is 0 Å². The number of carbonyl (C=O) groups excluding carboxylic acids is 3. The van der Waals surface area contributed by atoms with Crippen molar-refractivity contribution < 1.29 is 18.8 Å². The van der Waals surface area contributed by atoms with Crippen LogP contribution in [0.2, 0.25) is 0 Å². The molecule has 7 heteroatoms. The van der Waals surface area contributed by atoms with Gasteiger partial charge in [-0.1, -0.05) is 36.8 Å². The third-order valence-electron chi connectivity index (χ3n) is 5.47. The Labute approximate surface area is 183 Å². The molecule has 166 valence electrons. The second-order valence-corrected chi connectivity index (χ2v) is 8.43. The van der Waals surface area contributed by atoms with Crippen LogP contribution in [-0.4, -0.2) is 35.8 Å². The van der Waals surface area contributed by atoms with E-state index in [-0.39, 0.29) is 35.6 Å². The highest BCUT2D eigenvalue weighted by Crippen LogP contribution is 2.25. The fourth-order valence-corrected chi connectivity index (χ4v) is 3.96. The van der Waals surface area contributed by atoms with Crippen LogP contribution in [-0.2, 0) is 16.0 Å². The summed E-state index contributed by atoms with van der Waals surface area (Å²) in [6.45, 7) is 3.88. The van der Waals surface area contributed by atoms with E-state index in [1.54, 1.807) is 12.1 Å². The molecule has 0 saturated heterocycles. The van der Waals surface area contributed by atoms with Crippen molar-refractivity contribution in [3.63, 3.8) is 0 Å². The van der Waals surface area contributed by atoms with Crippen molar-refractivity contribution in [2.24, 2.45) is 5.92 Å². The second-order valence-electron chi connectivity index (χ2n) is 8.43. The molecule has 1 fully saturated rings. The Morgan fingerprint density at radius 3 is 2.48 bits per heavy atom. The molecule has 0 radical (unpaired) electrons. The summed E-state index contributed by atoms with van der Waals surface area (Å²) < 4.78 is 5.16. The molecule has 3 atom stereocenters. The highest BCUT2D eigenvalue weighted by molar-refractivity contribution is 5.95. The van der Waals surface area contributed by atoms with Crippen molar-refractivity contribution in [2.75, 3.05) is 0 Å². The molecule has 31 heavy (non-hydrogen) atoms. The zero-order chi connectivity index (χ0) is 22.2. The van der Waals surface area contributed by atoms with E-state index in [9.17, 15) is 14.4 Å². The smallest absolute Gasteiger partial charge is 0.287 e. The zero-order valence-electron chi connectivity index (χ0n) is 18.1. The van der Waals surface area contributed by atoms with Gasteiger partial charge in [0.1, 0.15) is 6.04 Å². The SMILES string of the molecule is CC(C)NC(=O)C1CCCC(NC(=O)C(Cc2ccccc2)NC(=O)c2ccco2)C1. The van der Waals surface area contributed by atoms with Gasteiger partial charge in [-0.15, -0.1) is 0 Å². The monoisotopic (exact) mass is 425 g/mol. The first-order valence-corrected chi connectivity index (χ1v) is 10.9. The number of nitrogens with one attached hydrogen (secondary N) is 3. The molecule has 0 spiro atoms. The van der Waals surface area contributed by atoms with Crippen LogP contribution in [0.3, 0.4) is 0 Å². The normalized spacial score (nSPS) is 19.5. The van der Waals surface area contributed by atoms with E-state index in [0.717, 1.165) is 24.8 Å². The van der Waals surface area contributed by atoms with E-state index in [1.807, 2.05) is 44.2 Å². The van der Waals surface area contributed by atoms with E-state index in [0.29, 0.717) is 12.8 Å². The predicted molar refractivity (Wildman–Crippen MR) is 117 cm³/mol. The lowest BCUT2D eigenvalue weighted by molar-refractivity contribution is -0.128. The average molecular weight is 426 g/mol. The lowest BCUT2D eigenvalue weighted by Crippen LogP contribution is -2.52. The van der Waals surface area contributed by atoms with E-state index >= 15 is 0 Å². The minimum absolute atomic E-state index is 0.0425. The van der Waals surface area contributed by atoms with Gasteiger partial charge in [0.2, 0.25) is 11.8 Å². The third kappa shape index (κ3) is 6.70. The first kappa shape index (κ1) is 22.6. The van der Waals surface area contributed by atoms with Gasteiger partial charge >= 0.3 is 0 Å². The van der Waals surface area contributed by atoms with Gasteiger partial charge in [-0.2, -0.15) is 0 Å². The molecule has 1 aromatic heterocycles. The Balaban J connectivity index is 1.65. The van der Waals surface area contributed by atoms with Crippen LogP contribution in [0, 0.1) is 5.92 Å². The average Bonchev–Trinajstić information content (AvgIpc) is 3.29. The summed E-state index contributed by atoms with van der Waals surface area (Å²) in [6, 6.07) is 12.0. The molecule has 3 unspecified atom stereocenters. The summed E-state index contributed by atoms with van der Waals surface area (Å²) in [5, 5.41) is 8.82. The quantitative estimate of drug-likeness (QED) is 0.605. The number of benzene rings is 1. The van der Waals surface area contributed by atoms with Gasteiger partial charge in [0, 0.05) is 24.4 Å². The maximum absolute atomic E-state index is 13.1. The molecular weight excluding hydrogens is 394 g/mol. The number of amides is 3. The van der Waals surface area contributed by atoms with Gasteiger partial charge < -0.3 is 20.4 Å². The molecule has 3 rings (SSSR count). The minimum atomic E-state index is -0.745.